The average molecular weight is 474 g/mol. The lowest BCUT2D eigenvalue weighted by molar-refractivity contribution is -0.113. The number of anilines is 1. The van der Waals surface area contributed by atoms with E-state index in [1.54, 1.807) is 17.7 Å². The van der Waals surface area contributed by atoms with Gasteiger partial charge in [0.15, 0.2) is 5.16 Å². The van der Waals surface area contributed by atoms with E-state index in [2.05, 4.69) is 15.5 Å². The van der Waals surface area contributed by atoms with E-state index in [0.29, 0.717) is 41.4 Å². The number of fused-ring (bicyclic) bond motifs is 4. The Bertz CT molecular complexity index is 1550. The van der Waals surface area contributed by atoms with Crippen molar-refractivity contribution in [2.75, 3.05) is 24.8 Å². The van der Waals surface area contributed by atoms with Gasteiger partial charge in [-0.3, -0.25) is 18.6 Å². The third-order valence-electron chi connectivity index (χ3n) is 5.60. The van der Waals surface area contributed by atoms with Crippen LogP contribution in [0.3, 0.4) is 0 Å². The van der Waals surface area contributed by atoms with Crippen molar-refractivity contribution in [1.82, 2.24) is 19.2 Å². The van der Waals surface area contributed by atoms with E-state index < -0.39 is 0 Å². The number of para-hydroxylation sites is 1. The molecule has 0 bridgehead atoms. The van der Waals surface area contributed by atoms with Gasteiger partial charge in [0.25, 0.3) is 5.56 Å². The second-order valence-corrected chi connectivity index (χ2v) is 8.74. The molecule has 0 spiro atoms. The molecule has 2 aromatic heterocycles. The highest BCUT2D eigenvalue weighted by Crippen LogP contribution is 2.25. The van der Waals surface area contributed by atoms with Crippen LogP contribution in [-0.2, 0) is 16.1 Å². The Morgan fingerprint density at radius 1 is 1.00 bits per heavy atom. The lowest BCUT2D eigenvalue weighted by Gasteiger charge is -2.11. The fourth-order valence-electron chi connectivity index (χ4n) is 4.05. The van der Waals surface area contributed by atoms with E-state index in [-0.39, 0.29) is 17.2 Å². The largest absolute Gasteiger partial charge is 0.385 e. The molecule has 0 aliphatic carbocycles. The fourth-order valence-corrected chi connectivity index (χ4v) is 4.79. The first-order valence-corrected chi connectivity index (χ1v) is 11.9. The molecule has 1 N–H and O–H groups in total. The van der Waals surface area contributed by atoms with Crippen LogP contribution in [0.4, 0.5) is 5.69 Å². The number of nitrogens with zero attached hydrogens (tertiary/aromatic N) is 4. The Morgan fingerprint density at radius 2 is 1.76 bits per heavy atom. The number of hydrogen-bond acceptors (Lipinski definition) is 6. The molecule has 0 unspecified atom stereocenters. The van der Waals surface area contributed by atoms with Crippen molar-refractivity contribution in [3.8, 4) is 0 Å². The molecule has 0 aliphatic rings. The van der Waals surface area contributed by atoms with Crippen LogP contribution in [0.5, 0.6) is 0 Å². The van der Waals surface area contributed by atoms with Gasteiger partial charge in [-0.25, -0.2) is 0 Å². The third kappa shape index (κ3) is 4.15. The summed E-state index contributed by atoms with van der Waals surface area (Å²) in [7, 11) is 1.63. The summed E-state index contributed by atoms with van der Waals surface area (Å²) in [6.07, 6.45) is 0.674. The van der Waals surface area contributed by atoms with Crippen molar-refractivity contribution in [3.63, 3.8) is 0 Å². The van der Waals surface area contributed by atoms with Crippen LogP contribution < -0.4 is 10.9 Å². The van der Waals surface area contributed by atoms with Crippen molar-refractivity contribution in [2.45, 2.75) is 18.1 Å². The molecular formula is C25H23N5O3S. The second-order valence-electron chi connectivity index (χ2n) is 7.80. The quantitative estimate of drug-likeness (QED) is 0.271. The molecule has 0 aliphatic heterocycles. The van der Waals surface area contributed by atoms with E-state index in [4.69, 9.17) is 4.74 Å². The maximum atomic E-state index is 13.1. The van der Waals surface area contributed by atoms with Gasteiger partial charge in [-0.05, 0) is 30.0 Å². The molecule has 0 atom stereocenters. The molecule has 2 heterocycles. The van der Waals surface area contributed by atoms with Crippen LogP contribution in [0.1, 0.15) is 6.42 Å². The summed E-state index contributed by atoms with van der Waals surface area (Å²) in [6, 6.07) is 21.1. The number of nitrogens with one attached hydrogen (secondary N) is 1. The molecule has 0 saturated heterocycles. The number of aromatic nitrogens is 4. The zero-order valence-electron chi connectivity index (χ0n) is 18.6. The highest BCUT2D eigenvalue weighted by atomic mass is 32.2. The molecule has 172 valence electrons. The lowest BCUT2D eigenvalue weighted by atomic mass is 10.1. The van der Waals surface area contributed by atoms with Crippen molar-refractivity contribution in [1.29, 1.82) is 0 Å². The van der Waals surface area contributed by atoms with E-state index in [1.807, 2.05) is 65.1 Å². The number of hydrogen-bond donors (Lipinski definition) is 1. The second kappa shape index (κ2) is 9.66. The molecular weight excluding hydrogens is 450 g/mol. The van der Waals surface area contributed by atoms with Gasteiger partial charge in [0.05, 0.1) is 16.7 Å². The van der Waals surface area contributed by atoms with Gasteiger partial charge in [0.2, 0.25) is 11.7 Å². The van der Waals surface area contributed by atoms with E-state index >= 15 is 0 Å². The molecule has 0 radical (unpaired) electrons. The van der Waals surface area contributed by atoms with E-state index in [1.165, 1.54) is 11.8 Å². The van der Waals surface area contributed by atoms with Crippen LogP contribution in [0, 0.1) is 0 Å². The third-order valence-corrected chi connectivity index (χ3v) is 6.53. The Hall–Kier alpha value is -3.69. The van der Waals surface area contributed by atoms with Crippen LogP contribution >= 0.6 is 11.8 Å². The fraction of sp³-hybridized carbons (Fsp3) is 0.200. The van der Waals surface area contributed by atoms with Crippen molar-refractivity contribution < 1.29 is 9.53 Å². The zero-order chi connectivity index (χ0) is 23.5. The van der Waals surface area contributed by atoms with Crippen molar-refractivity contribution in [2.24, 2.45) is 0 Å². The first kappa shape index (κ1) is 22.1. The minimum atomic E-state index is -0.143. The Kier molecular flexibility index (Phi) is 6.29. The molecule has 5 aromatic rings. The van der Waals surface area contributed by atoms with Gasteiger partial charge < -0.3 is 10.1 Å². The van der Waals surface area contributed by atoms with Gasteiger partial charge in [0, 0.05) is 31.3 Å². The SMILES string of the molecule is COCCCn1c(=O)c2ccccc2n2c(SCC(=O)Nc3cccc4ccccc34)nnc12. The molecule has 34 heavy (non-hydrogen) atoms. The number of ether oxygens (including phenoxy) is 1. The Labute approximate surface area is 199 Å². The summed E-state index contributed by atoms with van der Waals surface area (Å²) in [5, 5.41) is 14.8. The molecule has 5 rings (SSSR count). The normalized spacial score (nSPS) is 11.4. The number of benzene rings is 3. The van der Waals surface area contributed by atoms with Gasteiger partial charge in [-0.2, -0.15) is 0 Å². The smallest absolute Gasteiger partial charge is 0.262 e. The topological polar surface area (TPSA) is 90.5 Å². The number of rotatable bonds is 8. The number of carbonyl (C=O) groups excluding carboxylic acids is 1. The summed E-state index contributed by atoms with van der Waals surface area (Å²) < 4.78 is 8.61. The minimum absolute atomic E-state index is 0.114. The minimum Gasteiger partial charge on any atom is -0.385 e. The van der Waals surface area contributed by atoms with Gasteiger partial charge in [-0.15, -0.1) is 10.2 Å². The summed E-state index contributed by atoms with van der Waals surface area (Å²) >= 11 is 1.28. The maximum absolute atomic E-state index is 13.1. The highest BCUT2D eigenvalue weighted by Gasteiger charge is 2.17. The van der Waals surface area contributed by atoms with Crippen molar-refractivity contribution >= 4 is 50.8 Å². The standard InChI is InChI=1S/C25H23N5O3S/c1-33-15-7-14-29-23(32)19-11-4-5-13-21(19)30-24(29)27-28-25(30)34-16-22(31)26-20-12-6-9-17-8-2-3-10-18(17)20/h2-6,8-13H,7,14-16H2,1H3,(H,26,31). The predicted molar refractivity (Wildman–Crippen MR) is 135 cm³/mol. The first-order chi connectivity index (χ1) is 16.7. The summed E-state index contributed by atoms with van der Waals surface area (Å²) in [5.74, 6) is 0.466. The summed E-state index contributed by atoms with van der Waals surface area (Å²) in [4.78, 5) is 25.9. The number of methoxy groups -OCH3 is 1. The van der Waals surface area contributed by atoms with E-state index in [9.17, 15) is 9.59 Å². The molecule has 1 amide bonds. The van der Waals surface area contributed by atoms with Gasteiger partial charge in [0.1, 0.15) is 0 Å². The van der Waals surface area contributed by atoms with Gasteiger partial charge in [-0.1, -0.05) is 60.3 Å². The Morgan fingerprint density at radius 3 is 2.62 bits per heavy atom. The molecule has 9 heteroatoms. The highest BCUT2D eigenvalue weighted by molar-refractivity contribution is 7.99. The van der Waals surface area contributed by atoms with E-state index in [0.717, 1.165) is 16.5 Å². The molecule has 0 fully saturated rings. The summed E-state index contributed by atoms with van der Waals surface area (Å²) in [6.45, 7) is 1.00. The predicted octanol–water partition coefficient (Wildman–Crippen LogP) is 3.96. The van der Waals surface area contributed by atoms with Gasteiger partial charge >= 0.3 is 0 Å². The summed E-state index contributed by atoms with van der Waals surface area (Å²) in [5.41, 5.74) is 1.37. The Balaban J connectivity index is 1.44. The first-order valence-electron chi connectivity index (χ1n) is 10.9. The van der Waals surface area contributed by atoms with Crippen molar-refractivity contribution in [3.05, 3.63) is 77.1 Å². The van der Waals surface area contributed by atoms with Crippen LogP contribution in [0.2, 0.25) is 0 Å². The number of amides is 1. The van der Waals surface area contributed by atoms with Crippen LogP contribution in [-0.4, -0.2) is 44.5 Å². The monoisotopic (exact) mass is 473 g/mol. The lowest BCUT2D eigenvalue weighted by Crippen LogP contribution is -2.24. The number of aryl methyl sites for hydroxylation is 1. The number of carbonyl (C=O) groups is 1. The van der Waals surface area contributed by atoms with Crippen LogP contribution in [0.15, 0.2) is 76.7 Å². The number of thioether (sulfide) groups is 1. The van der Waals surface area contributed by atoms with Crippen LogP contribution in [0.25, 0.3) is 27.5 Å². The molecule has 3 aromatic carbocycles. The zero-order valence-corrected chi connectivity index (χ0v) is 19.4. The maximum Gasteiger partial charge on any atom is 0.262 e. The molecule has 8 nitrogen and oxygen atoms in total. The molecule has 0 saturated carbocycles. The average Bonchev–Trinajstić information content (AvgIpc) is 3.29.